The van der Waals surface area contributed by atoms with Gasteiger partial charge in [-0.3, -0.25) is 4.79 Å². The van der Waals surface area contributed by atoms with Crippen molar-refractivity contribution in [3.05, 3.63) is 71.8 Å². The maximum absolute atomic E-state index is 12.1. The summed E-state index contributed by atoms with van der Waals surface area (Å²) in [5.74, 6) is -1.08. The third-order valence-corrected chi connectivity index (χ3v) is 3.49. The average Bonchev–Trinajstić information content (AvgIpc) is 2.66. The van der Waals surface area contributed by atoms with Crippen LogP contribution < -0.4 is 10.1 Å². The van der Waals surface area contributed by atoms with Crippen molar-refractivity contribution in [3.8, 4) is 5.75 Å². The van der Waals surface area contributed by atoms with E-state index in [-0.39, 0.29) is 5.75 Å². The Morgan fingerprint density at radius 1 is 1.07 bits per heavy atom. The number of ether oxygens (including phenoxy) is 2. The molecule has 0 heterocycles. The number of hydrogen-bond donors (Lipinski definition) is 1. The fraction of sp³-hybridized carbons (Fsp3) is 0.200. The molecule has 1 atom stereocenters. The second-order valence-electron chi connectivity index (χ2n) is 5.56. The number of halogens is 2. The van der Waals surface area contributed by atoms with Crippen molar-refractivity contribution in [1.82, 2.24) is 5.32 Å². The van der Waals surface area contributed by atoms with Gasteiger partial charge in [0, 0.05) is 12.6 Å². The molecule has 0 spiro atoms. The minimum Gasteiger partial charge on any atom is -0.449 e. The molecule has 0 aliphatic heterocycles. The van der Waals surface area contributed by atoms with Crippen LogP contribution in [0.5, 0.6) is 5.75 Å². The lowest BCUT2D eigenvalue weighted by Gasteiger charge is -2.12. The quantitative estimate of drug-likeness (QED) is 0.566. The Bertz CT molecular complexity index is 776. The van der Waals surface area contributed by atoms with E-state index >= 15 is 0 Å². The summed E-state index contributed by atoms with van der Waals surface area (Å²) >= 11 is 0. The summed E-state index contributed by atoms with van der Waals surface area (Å²) < 4.78 is 33.4. The smallest absolute Gasteiger partial charge is 0.387 e. The van der Waals surface area contributed by atoms with Gasteiger partial charge in [-0.2, -0.15) is 8.78 Å². The van der Waals surface area contributed by atoms with Gasteiger partial charge in [0.25, 0.3) is 5.91 Å². The molecule has 2 aromatic carbocycles. The normalized spacial score (nSPS) is 12.0. The molecular formula is C20H19F2NO4. The molecular weight excluding hydrogens is 356 g/mol. The van der Waals surface area contributed by atoms with Gasteiger partial charge in [0.2, 0.25) is 0 Å². The first-order chi connectivity index (χ1) is 12.9. The van der Waals surface area contributed by atoms with E-state index in [0.29, 0.717) is 12.1 Å². The highest BCUT2D eigenvalue weighted by Gasteiger charge is 2.16. The second-order valence-corrected chi connectivity index (χ2v) is 5.56. The number of nitrogens with one attached hydrogen (secondary N) is 1. The van der Waals surface area contributed by atoms with Gasteiger partial charge in [-0.15, -0.1) is 0 Å². The molecule has 0 aliphatic rings. The lowest BCUT2D eigenvalue weighted by atomic mass is 10.2. The summed E-state index contributed by atoms with van der Waals surface area (Å²) in [7, 11) is 0. The fourth-order valence-electron chi connectivity index (χ4n) is 2.12. The number of rotatable bonds is 8. The zero-order valence-electron chi connectivity index (χ0n) is 14.6. The van der Waals surface area contributed by atoms with Crippen LogP contribution in [0.15, 0.2) is 60.7 Å². The largest absolute Gasteiger partial charge is 0.449 e. The van der Waals surface area contributed by atoms with Crippen LogP contribution in [0.2, 0.25) is 0 Å². The third-order valence-electron chi connectivity index (χ3n) is 3.49. The highest BCUT2D eigenvalue weighted by Crippen LogP contribution is 2.15. The summed E-state index contributed by atoms with van der Waals surface area (Å²) in [6, 6.07) is 15.1. The summed E-state index contributed by atoms with van der Waals surface area (Å²) in [6.45, 7) is -1.08. The summed E-state index contributed by atoms with van der Waals surface area (Å²) in [5.41, 5.74) is 1.53. The first kappa shape index (κ1) is 20.1. The molecule has 2 rings (SSSR count). The molecule has 0 radical (unpaired) electrons. The van der Waals surface area contributed by atoms with Crippen LogP contribution in [0.1, 0.15) is 18.1 Å². The Morgan fingerprint density at radius 3 is 2.37 bits per heavy atom. The van der Waals surface area contributed by atoms with Crippen molar-refractivity contribution in [2.24, 2.45) is 0 Å². The van der Waals surface area contributed by atoms with E-state index < -0.39 is 24.6 Å². The maximum Gasteiger partial charge on any atom is 0.387 e. The van der Waals surface area contributed by atoms with Gasteiger partial charge in [-0.25, -0.2) is 4.79 Å². The van der Waals surface area contributed by atoms with E-state index in [0.717, 1.165) is 11.6 Å². The standard InChI is InChI=1S/C20H19F2NO4/c1-14(19(25)23-13-16-5-3-2-4-6-16)26-18(24)12-9-15-7-10-17(11-8-15)27-20(21)22/h2-12,14,20H,13H2,1H3,(H,23,25)/b12-9+. The van der Waals surface area contributed by atoms with Crippen molar-refractivity contribution in [1.29, 1.82) is 0 Å². The zero-order chi connectivity index (χ0) is 19.6. The topological polar surface area (TPSA) is 64.6 Å². The Hall–Kier alpha value is -3.22. The Balaban J connectivity index is 1.79. The third kappa shape index (κ3) is 7.27. The molecule has 0 aliphatic carbocycles. The predicted molar refractivity (Wildman–Crippen MR) is 96.0 cm³/mol. The van der Waals surface area contributed by atoms with Crippen molar-refractivity contribution in [2.75, 3.05) is 0 Å². The first-order valence-electron chi connectivity index (χ1n) is 8.19. The monoisotopic (exact) mass is 375 g/mol. The van der Waals surface area contributed by atoms with Crippen LogP contribution in [-0.4, -0.2) is 24.6 Å². The molecule has 0 fully saturated rings. The van der Waals surface area contributed by atoms with E-state index in [1.807, 2.05) is 30.3 Å². The van der Waals surface area contributed by atoms with Gasteiger partial charge in [0.1, 0.15) is 5.75 Å². The fourth-order valence-corrected chi connectivity index (χ4v) is 2.12. The SMILES string of the molecule is CC(OC(=O)/C=C/c1ccc(OC(F)F)cc1)C(=O)NCc1ccccc1. The molecule has 0 aromatic heterocycles. The number of carbonyl (C=O) groups excluding carboxylic acids is 2. The number of esters is 1. The van der Waals surface area contributed by atoms with Crippen LogP contribution >= 0.6 is 0 Å². The second kappa shape index (κ2) is 10.1. The lowest BCUT2D eigenvalue weighted by Crippen LogP contribution is -2.35. The predicted octanol–water partition coefficient (Wildman–Crippen LogP) is 3.55. The van der Waals surface area contributed by atoms with E-state index in [9.17, 15) is 18.4 Å². The summed E-state index contributed by atoms with van der Waals surface area (Å²) in [4.78, 5) is 23.8. The Kier molecular flexibility index (Phi) is 7.49. The Labute approximate surface area is 155 Å². The highest BCUT2D eigenvalue weighted by atomic mass is 19.3. The molecule has 27 heavy (non-hydrogen) atoms. The maximum atomic E-state index is 12.1. The Morgan fingerprint density at radius 2 is 1.74 bits per heavy atom. The van der Waals surface area contributed by atoms with Gasteiger partial charge in [0.15, 0.2) is 6.10 Å². The minimum absolute atomic E-state index is 0.0217. The van der Waals surface area contributed by atoms with Gasteiger partial charge in [0.05, 0.1) is 0 Å². The minimum atomic E-state index is -2.89. The van der Waals surface area contributed by atoms with Gasteiger partial charge >= 0.3 is 12.6 Å². The average molecular weight is 375 g/mol. The number of carbonyl (C=O) groups is 2. The molecule has 2 aromatic rings. The first-order valence-corrected chi connectivity index (χ1v) is 8.19. The van der Waals surface area contributed by atoms with E-state index in [2.05, 4.69) is 10.1 Å². The van der Waals surface area contributed by atoms with Gasteiger partial charge in [-0.05, 0) is 36.3 Å². The van der Waals surface area contributed by atoms with Crippen LogP contribution in [-0.2, 0) is 20.9 Å². The van der Waals surface area contributed by atoms with E-state index in [1.165, 1.54) is 37.3 Å². The van der Waals surface area contributed by atoms with Crippen molar-refractivity contribution >= 4 is 18.0 Å². The van der Waals surface area contributed by atoms with Crippen molar-refractivity contribution in [3.63, 3.8) is 0 Å². The summed E-state index contributed by atoms with van der Waals surface area (Å²) in [5, 5.41) is 2.68. The molecule has 0 saturated carbocycles. The molecule has 7 heteroatoms. The van der Waals surface area contributed by atoms with Gasteiger partial charge in [-0.1, -0.05) is 42.5 Å². The zero-order valence-corrected chi connectivity index (χ0v) is 14.6. The van der Waals surface area contributed by atoms with Crippen LogP contribution in [0.25, 0.3) is 6.08 Å². The molecule has 0 saturated heterocycles. The van der Waals surface area contributed by atoms with E-state index in [4.69, 9.17) is 4.74 Å². The molecule has 0 bridgehead atoms. The number of hydrogen-bond acceptors (Lipinski definition) is 4. The van der Waals surface area contributed by atoms with Crippen LogP contribution in [0, 0.1) is 0 Å². The number of amides is 1. The molecule has 5 nitrogen and oxygen atoms in total. The molecule has 1 unspecified atom stereocenters. The molecule has 142 valence electrons. The highest BCUT2D eigenvalue weighted by molar-refractivity contribution is 5.90. The van der Waals surface area contributed by atoms with Crippen LogP contribution in [0.3, 0.4) is 0 Å². The van der Waals surface area contributed by atoms with Crippen LogP contribution in [0.4, 0.5) is 8.78 Å². The number of benzene rings is 2. The van der Waals surface area contributed by atoms with Crippen molar-refractivity contribution < 1.29 is 27.8 Å². The lowest BCUT2D eigenvalue weighted by molar-refractivity contribution is -0.150. The number of alkyl halides is 2. The van der Waals surface area contributed by atoms with Crippen molar-refractivity contribution in [2.45, 2.75) is 26.2 Å². The van der Waals surface area contributed by atoms with E-state index in [1.54, 1.807) is 0 Å². The van der Waals surface area contributed by atoms with Gasteiger partial charge < -0.3 is 14.8 Å². The molecule has 1 amide bonds. The molecule has 1 N–H and O–H groups in total. The summed E-state index contributed by atoms with van der Waals surface area (Å²) in [6.07, 6.45) is 1.65.